The Morgan fingerprint density at radius 2 is 1.93 bits per heavy atom. The Morgan fingerprint density at radius 3 is 2.57 bits per heavy atom. The summed E-state index contributed by atoms with van der Waals surface area (Å²) in [5, 5.41) is 15.1. The van der Waals surface area contributed by atoms with Crippen molar-refractivity contribution in [3.63, 3.8) is 0 Å². The Bertz CT molecular complexity index is 823. The number of benzene rings is 2. The van der Waals surface area contributed by atoms with E-state index < -0.39 is 4.92 Å². The lowest BCUT2D eigenvalue weighted by atomic mass is 10.1. The Kier molecular flexibility index (Phi) is 8.48. The summed E-state index contributed by atoms with van der Waals surface area (Å²) in [7, 11) is 0. The molecule has 0 aliphatic carbocycles. The van der Waals surface area contributed by atoms with Gasteiger partial charge >= 0.3 is 0 Å². The first-order valence-electron chi connectivity index (χ1n) is 9.02. The van der Waals surface area contributed by atoms with Crippen molar-refractivity contribution in [2.24, 2.45) is 5.10 Å². The number of amides is 1. The van der Waals surface area contributed by atoms with Crippen molar-refractivity contribution in [1.29, 1.82) is 0 Å². The molecule has 148 valence electrons. The number of hydrogen-bond donors (Lipinski definition) is 1. The minimum atomic E-state index is -0.442. The number of nitrogens with one attached hydrogen (secondary N) is 1. The van der Waals surface area contributed by atoms with E-state index in [1.165, 1.54) is 30.1 Å². The highest BCUT2D eigenvalue weighted by molar-refractivity contribution is 7.99. The third-order valence-corrected chi connectivity index (χ3v) is 5.07. The smallest absolute Gasteiger partial charge is 0.270 e. The van der Waals surface area contributed by atoms with E-state index >= 15 is 0 Å². The summed E-state index contributed by atoms with van der Waals surface area (Å²) >= 11 is 1.50. The van der Waals surface area contributed by atoms with Crippen LogP contribution < -0.4 is 10.3 Å². The lowest BCUT2D eigenvalue weighted by Crippen LogP contribution is -2.23. The van der Waals surface area contributed by atoms with E-state index in [1.807, 2.05) is 44.2 Å². The number of carbonyl (C=O) groups excluding carboxylic acids is 1. The molecule has 7 nitrogen and oxygen atoms in total. The zero-order valence-corrected chi connectivity index (χ0v) is 16.8. The predicted octanol–water partition coefficient (Wildman–Crippen LogP) is 3.82. The summed E-state index contributed by atoms with van der Waals surface area (Å²) in [5.74, 6) is 0.811. The van der Waals surface area contributed by atoms with E-state index in [1.54, 1.807) is 6.07 Å². The number of nitro benzene ring substituents is 1. The number of nitro groups is 1. The number of thioether (sulfide) groups is 1. The molecule has 0 spiro atoms. The minimum absolute atomic E-state index is 0.0119. The summed E-state index contributed by atoms with van der Waals surface area (Å²) < 4.78 is 0. The third kappa shape index (κ3) is 6.38. The summed E-state index contributed by atoms with van der Waals surface area (Å²) in [5.41, 5.74) is 5.07. The average Bonchev–Trinajstić information content (AvgIpc) is 2.70. The van der Waals surface area contributed by atoms with Crippen LogP contribution >= 0.6 is 11.8 Å². The van der Waals surface area contributed by atoms with Gasteiger partial charge in [0.15, 0.2) is 0 Å². The molecule has 1 N–H and O–H groups in total. The molecule has 0 aliphatic rings. The predicted molar refractivity (Wildman–Crippen MR) is 115 cm³/mol. The quantitative estimate of drug-likeness (QED) is 0.372. The van der Waals surface area contributed by atoms with Crippen LogP contribution in [0.2, 0.25) is 0 Å². The fraction of sp³-hybridized carbons (Fsp3) is 0.300. The highest BCUT2D eigenvalue weighted by atomic mass is 32.2. The SMILES string of the molecule is CCN(CC)c1ccc([N+](=O)[O-])cc1/C=N\NC(=O)CSCc1ccccc1. The van der Waals surface area contributed by atoms with Gasteiger partial charge in [0.05, 0.1) is 16.9 Å². The minimum Gasteiger partial charge on any atom is -0.372 e. The van der Waals surface area contributed by atoms with Crippen LogP contribution in [0.15, 0.2) is 53.6 Å². The molecule has 0 heterocycles. The Labute approximate surface area is 169 Å². The molecule has 0 fully saturated rings. The standard InChI is InChI=1S/C20H24N4O3S/c1-3-23(4-2)19-11-10-18(24(26)27)12-17(19)13-21-22-20(25)15-28-14-16-8-6-5-7-9-16/h5-13H,3-4,14-15H2,1-2H3,(H,22,25)/b21-13-. The monoisotopic (exact) mass is 400 g/mol. The van der Waals surface area contributed by atoms with Crippen LogP contribution in [-0.2, 0) is 10.5 Å². The number of hydrazone groups is 1. The molecule has 0 radical (unpaired) electrons. The largest absolute Gasteiger partial charge is 0.372 e. The van der Waals surface area contributed by atoms with E-state index in [-0.39, 0.29) is 17.3 Å². The van der Waals surface area contributed by atoms with Crippen LogP contribution in [0.5, 0.6) is 0 Å². The van der Waals surface area contributed by atoms with Crippen molar-refractivity contribution < 1.29 is 9.72 Å². The van der Waals surface area contributed by atoms with Gasteiger partial charge in [0.2, 0.25) is 5.91 Å². The van der Waals surface area contributed by atoms with Crippen LogP contribution in [0.1, 0.15) is 25.0 Å². The molecular weight excluding hydrogens is 376 g/mol. The number of anilines is 1. The summed E-state index contributed by atoms with van der Waals surface area (Å²) in [6, 6.07) is 14.6. The van der Waals surface area contributed by atoms with Gasteiger partial charge in [0.1, 0.15) is 0 Å². The van der Waals surface area contributed by atoms with Crippen LogP contribution in [0.4, 0.5) is 11.4 Å². The first-order chi connectivity index (χ1) is 13.5. The van der Waals surface area contributed by atoms with Crippen molar-refractivity contribution in [3.05, 3.63) is 69.8 Å². The van der Waals surface area contributed by atoms with E-state index in [0.717, 1.165) is 30.1 Å². The Balaban J connectivity index is 1.98. The molecule has 1 amide bonds. The fourth-order valence-corrected chi connectivity index (χ4v) is 3.43. The number of nitrogens with zero attached hydrogens (tertiary/aromatic N) is 3. The van der Waals surface area contributed by atoms with Crippen molar-refractivity contribution in [2.45, 2.75) is 19.6 Å². The fourth-order valence-electron chi connectivity index (χ4n) is 2.65. The van der Waals surface area contributed by atoms with Crippen LogP contribution in [-0.4, -0.2) is 35.9 Å². The molecule has 0 saturated heterocycles. The first-order valence-corrected chi connectivity index (χ1v) is 10.2. The maximum atomic E-state index is 12.0. The van der Waals surface area contributed by atoms with E-state index in [0.29, 0.717) is 5.56 Å². The maximum absolute atomic E-state index is 12.0. The molecule has 0 atom stereocenters. The van der Waals surface area contributed by atoms with Crippen molar-refractivity contribution >= 4 is 35.3 Å². The van der Waals surface area contributed by atoms with E-state index in [9.17, 15) is 14.9 Å². The van der Waals surface area contributed by atoms with Crippen molar-refractivity contribution in [1.82, 2.24) is 5.43 Å². The molecule has 0 aliphatic heterocycles. The Hall–Kier alpha value is -2.87. The number of carbonyl (C=O) groups is 1. The molecule has 0 aromatic heterocycles. The van der Waals surface area contributed by atoms with E-state index in [4.69, 9.17) is 0 Å². The number of non-ortho nitro benzene ring substituents is 1. The zero-order chi connectivity index (χ0) is 20.4. The van der Waals surface area contributed by atoms with Gasteiger partial charge in [0.25, 0.3) is 5.69 Å². The third-order valence-electron chi connectivity index (χ3n) is 4.06. The van der Waals surface area contributed by atoms with Gasteiger partial charge in [0, 0.05) is 42.2 Å². The molecule has 2 aromatic rings. The van der Waals surface area contributed by atoms with Gasteiger partial charge in [-0.1, -0.05) is 30.3 Å². The van der Waals surface area contributed by atoms with E-state index in [2.05, 4.69) is 15.4 Å². The first kappa shape index (κ1) is 21.4. The lowest BCUT2D eigenvalue weighted by molar-refractivity contribution is -0.384. The maximum Gasteiger partial charge on any atom is 0.270 e. The van der Waals surface area contributed by atoms with Crippen LogP contribution in [0, 0.1) is 10.1 Å². The van der Waals surface area contributed by atoms with Gasteiger partial charge < -0.3 is 4.90 Å². The van der Waals surface area contributed by atoms with Gasteiger partial charge in [-0.25, -0.2) is 5.43 Å². The van der Waals surface area contributed by atoms with Crippen molar-refractivity contribution in [2.75, 3.05) is 23.7 Å². The summed E-state index contributed by atoms with van der Waals surface area (Å²) in [6.07, 6.45) is 1.46. The topological polar surface area (TPSA) is 87.8 Å². The van der Waals surface area contributed by atoms with Crippen LogP contribution in [0.3, 0.4) is 0 Å². The number of hydrogen-bond acceptors (Lipinski definition) is 6. The molecule has 0 saturated carbocycles. The normalized spacial score (nSPS) is 10.8. The summed E-state index contributed by atoms with van der Waals surface area (Å²) in [6.45, 7) is 5.55. The second kappa shape index (κ2) is 11.1. The Morgan fingerprint density at radius 1 is 1.21 bits per heavy atom. The summed E-state index contributed by atoms with van der Waals surface area (Å²) in [4.78, 5) is 24.7. The van der Waals surface area contributed by atoms with Gasteiger partial charge in [-0.3, -0.25) is 14.9 Å². The van der Waals surface area contributed by atoms with Gasteiger partial charge in [-0.15, -0.1) is 11.8 Å². The molecular formula is C20H24N4O3S. The highest BCUT2D eigenvalue weighted by Crippen LogP contribution is 2.24. The van der Waals surface area contributed by atoms with Crippen LogP contribution in [0.25, 0.3) is 0 Å². The average molecular weight is 401 g/mol. The molecule has 0 bridgehead atoms. The molecule has 2 rings (SSSR count). The van der Waals surface area contributed by atoms with Crippen molar-refractivity contribution in [3.8, 4) is 0 Å². The number of rotatable bonds is 10. The zero-order valence-electron chi connectivity index (χ0n) is 16.0. The highest BCUT2D eigenvalue weighted by Gasteiger charge is 2.13. The van der Waals surface area contributed by atoms with Gasteiger partial charge in [-0.2, -0.15) is 5.10 Å². The lowest BCUT2D eigenvalue weighted by Gasteiger charge is -2.22. The molecule has 8 heteroatoms. The van der Waals surface area contributed by atoms with Gasteiger partial charge in [-0.05, 0) is 25.5 Å². The second-order valence-electron chi connectivity index (χ2n) is 5.94. The second-order valence-corrected chi connectivity index (χ2v) is 6.93. The molecule has 0 unspecified atom stereocenters. The molecule has 28 heavy (non-hydrogen) atoms. The molecule has 2 aromatic carbocycles.